The Labute approximate surface area is 73.2 Å². The Hall–Kier alpha value is -0.800. The summed E-state index contributed by atoms with van der Waals surface area (Å²) >= 11 is 0. The predicted molar refractivity (Wildman–Crippen MR) is 50.7 cm³/mol. The first kappa shape index (κ1) is 12.8. The van der Waals surface area contributed by atoms with Gasteiger partial charge in [0.1, 0.15) is 5.82 Å². The molecule has 0 bridgehead atoms. The lowest BCUT2D eigenvalue weighted by Crippen LogP contribution is -1.97. The molecule has 4 N–H and O–H groups in total. The minimum absolute atomic E-state index is 0. The molecule has 1 aromatic heterocycles. The van der Waals surface area contributed by atoms with Crippen LogP contribution in [-0.4, -0.2) is 11.5 Å². The van der Waals surface area contributed by atoms with Gasteiger partial charge in [-0.1, -0.05) is 6.07 Å². The predicted octanol–water partition coefficient (Wildman–Crippen LogP) is 2.10. The molecular weight excluding hydrogens is 162 g/mol. The molecule has 0 spiro atoms. The fraction of sp³-hybridized carbons (Fsp3) is 0.286. The molecule has 0 aromatic carbocycles. The monoisotopic (exact) mass is 175 g/mol. The van der Waals surface area contributed by atoms with Gasteiger partial charge in [0.05, 0.1) is 0 Å². The summed E-state index contributed by atoms with van der Waals surface area (Å²) in [5.74, 6) is 0.944. The molecule has 0 atom stereocenters. The molecule has 3 nitrogen and oxygen atoms in total. The van der Waals surface area contributed by atoms with Gasteiger partial charge in [0.25, 0.3) is 0 Å². The molecule has 0 fully saturated rings. The van der Waals surface area contributed by atoms with E-state index in [1.807, 2.05) is 18.2 Å². The van der Waals surface area contributed by atoms with Gasteiger partial charge in [0.2, 0.25) is 0 Å². The average molecular weight is 176 g/mol. The first-order chi connectivity index (χ1) is 4.43. The number of halogens is 1. The van der Waals surface area contributed by atoms with Crippen molar-refractivity contribution in [3.63, 3.8) is 0 Å². The molecule has 0 aliphatic heterocycles. The molecule has 11 heavy (non-hydrogen) atoms. The zero-order chi connectivity index (χ0) is 6.53. The molecule has 4 heteroatoms. The third-order valence-corrected chi connectivity index (χ3v) is 1.02. The summed E-state index contributed by atoms with van der Waals surface area (Å²) < 4.78 is 0. The van der Waals surface area contributed by atoms with Crippen LogP contribution in [0.5, 0.6) is 0 Å². The summed E-state index contributed by atoms with van der Waals surface area (Å²) in [7, 11) is 0. The van der Waals surface area contributed by atoms with Crippen LogP contribution in [0.25, 0.3) is 0 Å². The van der Waals surface area contributed by atoms with E-state index >= 15 is 0 Å². The standard InChI is InChI=1S/C7H10N2.ClH.H3N/c1-2-8-7-5-3-4-6-9-7;;/h3-6H,2H2,1H3,(H,8,9);1H;1H3. The van der Waals surface area contributed by atoms with E-state index in [9.17, 15) is 0 Å². The normalized spacial score (nSPS) is 7.36. The smallest absolute Gasteiger partial charge is 0.125 e. The summed E-state index contributed by atoms with van der Waals surface area (Å²) in [4.78, 5) is 4.06. The van der Waals surface area contributed by atoms with Gasteiger partial charge in [-0.05, 0) is 19.1 Å². The molecule has 0 aliphatic carbocycles. The molecule has 1 heterocycles. The van der Waals surface area contributed by atoms with Crippen molar-refractivity contribution in [1.29, 1.82) is 0 Å². The van der Waals surface area contributed by atoms with Crippen molar-refractivity contribution in [2.75, 3.05) is 11.9 Å². The van der Waals surface area contributed by atoms with Crippen molar-refractivity contribution >= 4 is 18.2 Å². The van der Waals surface area contributed by atoms with E-state index in [2.05, 4.69) is 17.2 Å². The first-order valence-corrected chi connectivity index (χ1v) is 3.08. The van der Waals surface area contributed by atoms with Crippen LogP contribution in [0.3, 0.4) is 0 Å². The highest BCUT2D eigenvalue weighted by molar-refractivity contribution is 5.85. The van der Waals surface area contributed by atoms with E-state index < -0.39 is 0 Å². The summed E-state index contributed by atoms with van der Waals surface area (Å²) in [5.41, 5.74) is 0. The van der Waals surface area contributed by atoms with Crippen LogP contribution in [0.4, 0.5) is 5.82 Å². The zero-order valence-corrected chi connectivity index (χ0v) is 7.40. The summed E-state index contributed by atoms with van der Waals surface area (Å²) in [6, 6.07) is 5.81. The highest BCUT2D eigenvalue weighted by atomic mass is 35.5. The molecule has 0 saturated carbocycles. The van der Waals surface area contributed by atoms with Crippen LogP contribution in [0.15, 0.2) is 24.4 Å². The van der Waals surface area contributed by atoms with Crippen molar-refractivity contribution in [2.24, 2.45) is 0 Å². The highest BCUT2D eigenvalue weighted by Crippen LogP contribution is 1.97. The molecule has 1 aromatic rings. The Bertz CT molecular complexity index is 167. The fourth-order valence-corrected chi connectivity index (χ4v) is 0.648. The summed E-state index contributed by atoms with van der Waals surface area (Å²) in [5, 5.41) is 3.10. The number of hydrogen-bond donors (Lipinski definition) is 2. The Morgan fingerprint density at radius 1 is 1.45 bits per heavy atom. The van der Waals surface area contributed by atoms with Crippen LogP contribution in [-0.2, 0) is 0 Å². The van der Waals surface area contributed by atoms with E-state index in [0.717, 1.165) is 12.4 Å². The Morgan fingerprint density at radius 2 is 2.18 bits per heavy atom. The molecule has 0 radical (unpaired) electrons. The van der Waals surface area contributed by atoms with E-state index in [0.29, 0.717) is 0 Å². The van der Waals surface area contributed by atoms with E-state index in [4.69, 9.17) is 0 Å². The molecule has 0 amide bonds. The maximum absolute atomic E-state index is 4.06. The quantitative estimate of drug-likeness (QED) is 0.724. The first-order valence-electron chi connectivity index (χ1n) is 3.08. The second kappa shape index (κ2) is 7.31. The fourth-order valence-electron chi connectivity index (χ4n) is 0.648. The van der Waals surface area contributed by atoms with Gasteiger partial charge in [-0.3, -0.25) is 0 Å². The number of hydrogen-bond acceptors (Lipinski definition) is 3. The van der Waals surface area contributed by atoms with Crippen LogP contribution in [0.2, 0.25) is 0 Å². The molecular formula is C7H14ClN3. The number of nitrogens with one attached hydrogen (secondary N) is 1. The largest absolute Gasteiger partial charge is 0.370 e. The van der Waals surface area contributed by atoms with Crippen LogP contribution in [0, 0.1) is 0 Å². The minimum atomic E-state index is 0. The molecule has 0 unspecified atom stereocenters. The third kappa shape index (κ3) is 4.58. The number of pyridine rings is 1. The third-order valence-electron chi connectivity index (χ3n) is 1.02. The van der Waals surface area contributed by atoms with Crippen molar-refractivity contribution in [3.8, 4) is 0 Å². The molecule has 64 valence electrons. The molecule has 1 rings (SSSR count). The number of rotatable bonds is 2. The Morgan fingerprint density at radius 3 is 2.64 bits per heavy atom. The molecule has 0 aliphatic rings. The SMILES string of the molecule is CCNc1ccccn1.Cl.N. The van der Waals surface area contributed by atoms with E-state index in [1.54, 1.807) is 6.20 Å². The maximum Gasteiger partial charge on any atom is 0.125 e. The van der Waals surface area contributed by atoms with Crippen molar-refractivity contribution in [2.45, 2.75) is 6.92 Å². The number of aromatic nitrogens is 1. The summed E-state index contributed by atoms with van der Waals surface area (Å²) in [6.45, 7) is 2.98. The van der Waals surface area contributed by atoms with Gasteiger partial charge in [0.15, 0.2) is 0 Å². The van der Waals surface area contributed by atoms with E-state index in [1.165, 1.54) is 0 Å². The Kier molecular flexibility index (Phi) is 8.53. The van der Waals surface area contributed by atoms with Crippen molar-refractivity contribution < 1.29 is 0 Å². The van der Waals surface area contributed by atoms with Gasteiger partial charge in [-0.2, -0.15) is 0 Å². The second-order valence-corrected chi connectivity index (χ2v) is 1.75. The second-order valence-electron chi connectivity index (χ2n) is 1.75. The van der Waals surface area contributed by atoms with Crippen molar-refractivity contribution in [1.82, 2.24) is 11.1 Å². The van der Waals surface area contributed by atoms with Crippen LogP contribution in [0.1, 0.15) is 6.92 Å². The lowest BCUT2D eigenvalue weighted by molar-refractivity contribution is 1.16. The molecule has 0 saturated heterocycles. The zero-order valence-electron chi connectivity index (χ0n) is 6.58. The van der Waals surface area contributed by atoms with Gasteiger partial charge in [-0.25, -0.2) is 4.98 Å². The maximum atomic E-state index is 4.06. The average Bonchev–Trinajstić information content (AvgIpc) is 1.91. The van der Waals surface area contributed by atoms with Gasteiger partial charge >= 0.3 is 0 Å². The lowest BCUT2D eigenvalue weighted by Gasteiger charge is -1.97. The lowest BCUT2D eigenvalue weighted by atomic mass is 10.5. The van der Waals surface area contributed by atoms with Gasteiger partial charge in [0, 0.05) is 12.7 Å². The number of anilines is 1. The van der Waals surface area contributed by atoms with Crippen LogP contribution < -0.4 is 11.5 Å². The van der Waals surface area contributed by atoms with Crippen molar-refractivity contribution in [3.05, 3.63) is 24.4 Å². The topological polar surface area (TPSA) is 59.9 Å². The minimum Gasteiger partial charge on any atom is -0.370 e. The number of nitrogens with zero attached hydrogens (tertiary/aromatic N) is 1. The van der Waals surface area contributed by atoms with Crippen LogP contribution >= 0.6 is 12.4 Å². The van der Waals surface area contributed by atoms with Gasteiger partial charge in [-0.15, -0.1) is 12.4 Å². The highest BCUT2D eigenvalue weighted by Gasteiger charge is 1.83. The van der Waals surface area contributed by atoms with Gasteiger partial charge < -0.3 is 11.5 Å². The summed E-state index contributed by atoms with van der Waals surface area (Å²) in [6.07, 6.45) is 1.78. The Balaban J connectivity index is 0. The van der Waals surface area contributed by atoms with E-state index in [-0.39, 0.29) is 18.6 Å².